The van der Waals surface area contributed by atoms with E-state index in [2.05, 4.69) is 19.8 Å². The van der Waals surface area contributed by atoms with Gasteiger partial charge in [0.2, 0.25) is 0 Å². The molecule has 2 aliphatic rings. The topological polar surface area (TPSA) is 52.5 Å². The lowest BCUT2D eigenvalue weighted by Gasteiger charge is -2.38. The second kappa shape index (κ2) is 7.86. The molecular weight excluding hydrogens is 350 g/mol. The molecule has 0 radical (unpaired) electrons. The Morgan fingerprint density at radius 2 is 1.89 bits per heavy atom. The Hall–Kier alpha value is -2.12. The zero-order valence-corrected chi connectivity index (χ0v) is 15.1. The highest BCUT2D eigenvalue weighted by Crippen LogP contribution is 2.28. The molecule has 0 spiro atoms. The van der Waals surface area contributed by atoms with E-state index in [1.54, 1.807) is 24.7 Å². The fraction of sp³-hybridized carbons (Fsp3) is 0.500. The van der Waals surface area contributed by atoms with Crippen LogP contribution in [0.3, 0.4) is 0 Å². The highest BCUT2D eigenvalue weighted by Gasteiger charge is 2.36. The van der Waals surface area contributed by atoms with Crippen LogP contribution in [0, 0.1) is 17.6 Å². The highest BCUT2D eigenvalue weighted by atomic mass is 19.2. The van der Waals surface area contributed by atoms with Gasteiger partial charge in [0.05, 0.1) is 11.8 Å². The van der Waals surface area contributed by atoms with Crippen LogP contribution in [-0.4, -0.2) is 58.3 Å². The van der Waals surface area contributed by atoms with Gasteiger partial charge in [-0.25, -0.2) is 8.78 Å². The van der Waals surface area contributed by atoms with Crippen molar-refractivity contribution in [2.24, 2.45) is 5.92 Å². The monoisotopic (exact) mass is 374 g/mol. The summed E-state index contributed by atoms with van der Waals surface area (Å²) in [7, 11) is 0. The molecule has 2 saturated heterocycles. The Balaban J connectivity index is 1.32. The van der Waals surface area contributed by atoms with Gasteiger partial charge in [-0.1, -0.05) is 0 Å². The lowest BCUT2D eigenvalue weighted by atomic mass is 10.00. The van der Waals surface area contributed by atoms with Gasteiger partial charge in [0.25, 0.3) is 0 Å². The quantitative estimate of drug-likeness (QED) is 0.890. The number of aromatic nitrogens is 2. The summed E-state index contributed by atoms with van der Waals surface area (Å²) in [6.45, 7) is 3.14. The predicted molar refractivity (Wildman–Crippen MR) is 98.4 cm³/mol. The van der Waals surface area contributed by atoms with E-state index in [1.165, 1.54) is 12.1 Å². The maximum absolute atomic E-state index is 13.5. The standard InChI is InChI=1S/C20H24F2N4O/c21-18-2-1-17(10-19(18)22)25-7-3-16(4-8-25)26-12-14(20(27)13-26)9-15-11-23-5-6-24-15/h1-2,5-6,10-11,14,16,20,27H,3-4,7-9,12-13H2/t14-,20-/m1/s1. The third-order valence-corrected chi connectivity index (χ3v) is 5.77. The molecule has 4 rings (SSSR count). The van der Waals surface area contributed by atoms with Gasteiger partial charge >= 0.3 is 0 Å². The first-order valence-corrected chi connectivity index (χ1v) is 9.47. The molecular formula is C20H24F2N4O. The van der Waals surface area contributed by atoms with Crippen molar-refractivity contribution < 1.29 is 13.9 Å². The van der Waals surface area contributed by atoms with Crippen LogP contribution < -0.4 is 4.90 Å². The number of hydrogen-bond acceptors (Lipinski definition) is 5. The van der Waals surface area contributed by atoms with Gasteiger partial charge in [-0.3, -0.25) is 14.9 Å². The number of β-amino-alcohol motifs (C(OH)–C–C–N with tert-alkyl or cyclic N) is 1. The molecule has 2 atom stereocenters. The van der Waals surface area contributed by atoms with Gasteiger partial charge in [0.1, 0.15) is 0 Å². The molecule has 0 saturated carbocycles. The third-order valence-electron chi connectivity index (χ3n) is 5.77. The van der Waals surface area contributed by atoms with E-state index in [1.807, 2.05) is 0 Å². The summed E-state index contributed by atoms with van der Waals surface area (Å²) >= 11 is 0. The van der Waals surface area contributed by atoms with Crippen LogP contribution >= 0.6 is 0 Å². The fourth-order valence-corrected chi connectivity index (χ4v) is 4.26. The summed E-state index contributed by atoms with van der Waals surface area (Å²) < 4.78 is 26.6. The molecule has 27 heavy (non-hydrogen) atoms. The molecule has 0 amide bonds. The molecule has 144 valence electrons. The summed E-state index contributed by atoms with van der Waals surface area (Å²) in [6.07, 6.45) is 7.38. The number of aliphatic hydroxyl groups is 1. The maximum Gasteiger partial charge on any atom is 0.160 e. The zero-order chi connectivity index (χ0) is 18.8. The molecule has 1 aromatic heterocycles. The van der Waals surface area contributed by atoms with E-state index in [-0.39, 0.29) is 12.0 Å². The van der Waals surface area contributed by atoms with Crippen molar-refractivity contribution in [1.82, 2.24) is 14.9 Å². The van der Waals surface area contributed by atoms with E-state index in [0.717, 1.165) is 50.3 Å². The van der Waals surface area contributed by atoms with Crippen molar-refractivity contribution in [3.63, 3.8) is 0 Å². The number of likely N-dealkylation sites (tertiary alicyclic amines) is 1. The number of benzene rings is 1. The first-order chi connectivity index (χ1) is 13.1. The molecule has 0 unspecified atom stereocenters. The Morgan fingerprint density at radius 3 is 2.59 bits per heavy atom. The molecule has 2 aliphatic heterocycles. The van der Waals surface area contributed by atoms with Crippen molar-refractivity contribution in [1.29, 1.82) is 0 Å². The molecule has 3 heterocycles. The minimum Gasteiger partial charge on any atom is -0.391 e. The number of anilines is 1. The van der Waals surface area contributed by atoms with Crippen LogP contribution in [0.1, 0.15) is 18.5 Å². The van der Waals surface area contributed by atoms with Crippen molar-refractivity contribution in [3.8, 4) is 0 Å². The van der Waals surface area contributed by atoms with Crippen LogP contribution in [0.5, 0.6) is 0 Å². The van der Waals surface area contributed by atoms with E-state index >= 15 is 0 Å². The minimum atomic E-state index is -0.811. The van der Waals surface area contributed by atoms with Gasteiger partial charge in [0, 0.05) is 68.5 Å². The number of hydrogen-bond donors (Lipinski definition) is 1. The molecule has 2 fully saturated rings. The Morgan fingerprint density at radius 1 is 1.07 bits per heavy atom. The minimum absolute atomic E-state index is 0.172. The number of halogens is 2. The van der Waals surface area contributed by atoms with Crippen LogP contribution in [0.4, 0.5) is 14.5 Å². The Kier molecular flexibility index (Phi) is 5.31. The number of nitrogens with zero attached hydrogens (tertiary/aromatic N) is 4. The zero-order valence-electron chi connectivity index (χ0n) is 15.1. The van der Waals surface area contributed by atoms with Crippen molar-refractivity contribution in [2.45, 2.75) is 31.4 Å². The van der Waals surface area contributed by atoms with Crippen molar-refractivity contribution >= 4 is 5.69 Å². The van der Waals surface area contributed by atoms with Crippen molar-refractivity contribution in [2.75, 3.05) is 31.1 Å². The van der Waals surface area contributed by atoms with Crippen LogP contribution in [0.2, 0.25) is 0 Å². The second-order valence-corrected chi connectivity index (χ2v) is 7.50. The molecule has 1 aromatic carbocycles. The molecule has 2 aromatic rings. The SMILES string of the molecule is O[C@@H]1CN(C2CCN(c3ccc(F)c(F)c3)CC2)C[C@H]1Cc1cnccn1. The lowest BCUT2D eigenvalue weighted by Crippen LogP contribution is -2.44. The molecule has 0 bridgehead atoms. The van der Waals surface area contributed by atoms with Gasteiger partial charge < -0.3 is 10.0 Å². The fourth-order valence-electron chi connectivity index (χ4n) is 4.26. The average Bonchev–Trinajstić information content (AvgIpc) is 3.05. The summed E-state index contributed by atoms with van der Waals surface area (Å²) in [5.41, 5.74) is 1.64. The van der Waals surface area contributed by atoms with Gasteiger partial charge in [-0.15, -0.1) is 0 Å². The van der Waals surface area contributed by atoms with Gasteiger partial charge in [-0.2, -0.15) is 0 Å². The second-order valence-electron chi connectivity index (χ2n) is 7.50. The summed E-state index contributed by atoms with van der Waals surface area (Å²) in [5, 5.41) is 10.5. The first-order valence-electron chi connectivity index (χ1n) is 9.47. The number of aliphatic hydroxyl groups excluding tert-OH is 1. The van der Waals surface area contributed by atoms with Crippen LogP contribution in [0.15, 0.2) is 36.8 Å². The summed E-state index contributed by atoms with van der Waals surface area (Å²) in [6, 6.07) is 4.50. The Labute approximate surface area is 157 Å². The average molecular weight is 374 g/mol. The first kappa shape index (κ1) is 18.3. The normalized spacial score (nSPS) is 24.5. The Bertz CT molecular complexity index is 768. The summed E-state index contributed by atoms with van der Waals surface area (Å²) in [5.74, 6) is -1.44. The highest BCUT2D eigenvalue weighted by molar-refractivity contribution is 5.47. The van der Waals surface area contributed by atoms with Crippen LogP contribution in [0.25, 0.3) is 0 Å². The third kappa shape index (κ3) is 4.09. The molecule has 7 heteroatoms. The lowest BCUT2D eigenvalue weighted by molar-refractivity contribution is 0.131. The van der Waals surface area contributed by atoms with E-state index in [0.29, 0.717) is 12.6 Å². The molecule has 0 aliphatic carbocycles. The summed E-state index contributed by atoms with van der Waals surface area (Å²) in [4.78, 5) is 12.9. The maximum atomic E-state index is 13.5. The molecule has 1 N–H and O–H groups in total. The largest absolute Gasteiger partial charge is 0.391 e. The predicted octanol–water partition coefficient (Wildman–Crippen LogP) is 2.26. The van der Waals surface area contributed by atoms with Gasteiger partial charge in [-0.05, 0) is 31.4 Å². The van der Waals surface area contributed by atoms with E-state index in [4.69, 9.17) is 0 Å². The number of piperidine rings is 1. The number of rotatable bonds is 4. The van der Waals surface area contributed by atoms with Crippen LogP contribution in [-0.2, 0) is 6.42 Å². The smallest absolute Gasteiger partial charge is 0.160 e. The van der Waals surface area contributed by atoms with E-state index in [9.17, 15) is 13.9 Å². The van der Waals surface area contributed by atoms with Gasteiger partial charge in [0.15, 0.2) is 11.6 Å². The van der Waals surface area contributed by atoms with Crippen molar-refractivity contribution in [3.05, 3.63) is 54.1 Å². The van der Waals surface area contributed by atoms with E-state index < -0.39 is 11.6 Å². The molecule has 5 nitrogen and oxygen atoms in total.